The molecule has 0 aromatic carbocycles. The Morgan fingerprint density at radius 3 is 2.12 bits per heavy atom. The molecule has 3 N–H and O–H groups in total. The number of hydrogen-bond acceptors (Lipinski definition) is 5. The van der Waals surface area contributed by atoms with E-state index >= 15 is 0 Å². The van der Waals surface area contributed by atoms with E-state index in [9.17, 15) is 13.2 Å². The average Bonchev–Trinajstić information content (AvgIpc) is 2.22. The van der Waals surface area contributed by atoms with Crippen LogP contribution in [0.1, 0.15) is 20.8 Å². The lowest BCUT2D eigenvalue weighted by Gasteiger charge is -2.22. The van der Waals surface area contributed by atoms with Crippen molar-refractivity contribution in [2.24, 2.45) is 11.7 Å². The fourth-order valence-corrected chi connectivity index (χ4v) is 2.81. The van der Waals surface area contributed by atoms with Gasteiger partial charge in [-0.1, -0.05) is 26.1 Å². The molecule has 0 fully saturated rings. The van der Waals surface area contributed by atoms with Crippen LogP contribution in [0.2, 0.25) is 0 Å². The highest BCUT2D eigenvalue weighted by atomic mass is 32.2. The van der Waals surface area contributed by atoms with Gasteiger partial charge in [0.15, 0.2) is 5.25 Å². The Balaban J connectivity index is 4.97. The SMILES string of the molecule is COC(=O)C(C)S(=O)(=O)NC(C(N)=S)C(C)C. The van der Waals surface area contributed by atoms with Crippen LogP contribution >= 0.6 is 12.2 Å². The van der Waals surface area contributed by atoms with Crippen molar-refractivity contribution in [3.05, 3.63) is 0 Å². The molecule has 0 bridgehead atoms. The van der Waals surface area contributed by atoms with Gasteiger partial charge in [0.05, 0.1) is 18.1 Å². The van der Waals surface area contributed by atoms with Gasteiger partial charge in [-0.25, -0.2) is 13.1 Å². The largest absolute Gasteiger partial charge is 0.468 e. The third-order valence-electron chi connectivity index (χ3n) is 2.26. The Morgan fingerprint density at radius 1 is 1.35 bits per heavy atom. The van der Waals surface area contributed by atoms with Gasteiger partial charge in [-0.3, -0.25) is 4.79 Å². The van der Waals surface area contributed by atoms with Crippen LogP contribution in [0.5, 0.6) is 0 Å². The normalized spacial score (nSPS) is 15.4. The van der Waals surface area contributed by atoms with Crippen molar-refractivity contribution < 1.29 is 17.9 Å². The minimum atomic E-state index is -3.85. The summed E-state index contributed by atoms with van der Waals surface area (Å²) in [6, 6.07) is -0.679. The summed E-state index contributed by atoms with van der Waals surface area (Å²) in [6.07, 6.45) is 0. The van der Waals surface area contributed by atoms with Crippen LogP contribution in [0.15, 0.2) is 0 Å². The number of carbonyl (C=O) groups is 1. The zero-order valence-electron chi connectivity index (χ0n) is 10.3. The molecule has 2 atom stereocenters. The highest BCUT2D eigenvalue weighted by Gasteiger charge is 2.32. The number of carbonyl (C=O) groups excluding carboxylic acids is 1. The number of methoxy groups -OCH3 is 1. The minimum Gasteiger partial charge on any atom is -0.468 e. The first-order valence-corrected chi connectivity index (χ1v) is 6.97. The number of esters is 1. The number of hydrogen-bond donors (Lipinski definition) is 2. The maximum absolute atomic E-state index is 11.8. The molecule has 0 aliphatic carbocycles. The number of thiocarbonyl (C=S) groups is 1. The Morgan fingerprint density at radius 2 is 1.82 bits per heavy atom. The van der Waals surface area contributed by atoms with Crippen molar-refractivity contribution in [3.8, 4) is 0 Å². The second-order valence-electron chi connectivity index (χ2n) is 3.95. The highest BCUT2D eigenvalue weighted by molar-refractivity contribution is 7.91. The zero-order valence-corrected chi connectivity index (χ0v) is 11.9. The van der Waals surface area contributed by atoms with Gasteiger partial charge >= 0.3 is 5.97 Å². The van der Waals surface area contributed by atoms with Gasteiger partial charge in [-0.05, 0) is 12.8 Å². The molecule has 0 amide bonds. The summed E-state index contributed by atoms with van der Waals surface area (Å²) < 4.78 is 30.3. The lowest BCUT2D eigenvalue weighted by atomic mass is 10.1. The van der Waals surface area contributed by atoms with Gasteiger partial charge in [0.25, 0.3) is 0 Å². The van der Waals surface area contributed by atoms with Gasteiger partial charge in [0.2, 0.25) is 10.0 Å². The monoisotopic (exact) mass is 282 g/mol. The fraction of sp³-hybridized carbons (Fsp3) is 0.778. The van der Waals surface area contributed by atoms with Crippen LogP contribution < -0.4 is 10.5 Å². The molecule has 0 spiro atoms. The number of nitrogens with two attached hydrogens (primary N) is 1. The Hall–Kier alpha value is -0.730. The molecular weight excluding hydrogens is 264 g/mol. The average molecular weight is 282 g/mol. The fourth-order valence-electron chi connectivity index (χ4n) is 1.09. The molecule has 0 saturated heterocycles. The van der Waals surface area contributed by atoms with Crippen LogP contribution in [-0.4, -0.2) is 37.8 Å². The van der Waals surface area contributed by atoms with Gasteiger partial charge in [-0.2, -0.15) is 0 Å². The van der Waals surface area contributed by atoms with E-state index in [0.717, 1.165) is 7.11 Å². The molecule has 0 saturated carbocycles. The lowest BCUT2D eigenvalue weighted by Crippen LogP contribution is -2.50. The molecule has 0 rings (SSSR count). The van der Waals surface area contributed by atoms with E-state index in [1.165, 1.54) is 6.92 Å². The van der Waals surface area contributed by atoms with Crippen LogP contribution in [0.4, 0.5) is 0 Å². The predicted molar refractivity (Wildman–Crippen MR) is 68.9 cm³/mol. The van der Waals surface area contributed by atoms with Crippen LogP contribution in [0, 0.1) is 5.92 Å². The maximum atomic E-state index is 11.8. The number of nitrogens with one attached hydrogen (secondary N) is 1. The van der Waals surface area contributed by atoms with Gasteiger partial charge in [-0.15, -0.1) is 0 Å². The smallest absolute Gasteiger partial charge is 0.325 e. The van der Waals surface area contributed by atoms with E-state index in [2.05, 4.69) is 9.46 Å². The second kappa shape index (κ2) is 6.27. The third-order valence-corrected chi connectivity index (χ3v) is 4.22. The molecule has 100 valence electrons. The first-order chi connectivity index (χ1) is 7.63. The Bertz CT molecular complexity index is 392. The number of rotatable bonds is 6. The van der Waals surface area contributed by atoms with E-state index < -0.39 is 27.3 Å². The molecule has 0 aliphatic heterocycles. The van der Waals surface area contributed by atoms with E-state index in [4.69, 9.17) is 18.0 Å². The van der Waals surface area contributed by atoms with E-state index in [1.807, 2.05) is 0 Å². The number of sulfonamides is 1. The summed E-state index contributed by atoms with van der Waals surface area (Å²) in [5, 5.41) is -1.30. The first-order valence-electron chi connectivity index (χ1n) is 5.01. The van der Waals surface area contributed by atoms with Crippen LogP contribution in [-0.2, 0) is 19.6 Å². The summed E-state index contributed by atoms with van der Waals surface area (Å²) >= 11 is 4.78. The standard InChI is InChI=1S/C9H18N2O4S2/c1-5(2)7(8(10)16)11-17(13,14)6(3)9(12)15-4/h5-7,11H,1-4H3,(H2,10,16). The molecule has 6 nitrogen and oxygen atoms in total. The topological polar surface area (TPSA) is 98.5 Å². The molecule has 0 aliphatic rings. The van der Waals surface area contributed by atoms with Crippen LogP contribution in [0.3, 0.4) is 0 Å². The molecule has 0 radical (unpaired) electrons. The van der Waals surface area contributed by atoms with Gasteiger partial charge in [0, 0.05) is 0 Å². The molecular formula is C9H18N2O4S2. The van der Waals surface area contributed by atoms with E-state index in [1.54, 1.807) is 13.8 Å². The van der Waals surface area contributed by atoms with Crippen molar-refractivity contribution >= 4 is 33.2 Å². The van der Waals surface area contributed by atoms with Crippen molar-refractivity contribution in [2.45, 2.75) is 32.1 Å². The van der Waals surface area contributed by atoms with Gasteiger partial charge < -0.3 is 10.5 Å². The predicted octanol–water partition coefficient (Wildman–Crippen LogP) is -0.222. The Kier molecular flexibility index (Phi) is 6.00. The zero-order chi connectivity index (χ0) is 13.8. The molecule has 2 unspecified atom stereocenters. The van der Waals surface area contributed by atoms with Crippen molar-refractivity contribution in [1.82, 2.24) is 4.72 Å². The molecule has 0 aromatic rings. The summed E-state index contributed by atoms with van der Waals surface area (Å²) in [6.45, 7) is 4.79. The highest BCUT2D eigenvalue weighted by Crippen LogP contribution is 2.08. The number of ether oxygens (including phenoxy) is 1. The van der Waals surface area contributed by atoms with Crippen molar-refractivity contribution in [1.29, 1.82) is 0 Å². The van der Waals surface area contributed by atoms with Crippen molar-refractivity contribution in [2.75, 3.05) is 7.11 Å². The molecule has 0 heterocycles. The first kappa shape index (κ1) is 16.3. The molecule has 17 heavy (non-hydrogen) atoms. The van der Waals surface area contributed by atoms with Gasteiger partial charge in [0.1, 0.15) is 0 Å². The summed E-state index contributed by atoms with van der Waals surface area (Å²) in [7, 11) is -2.73. The van der Waals surface area contributed by atoms with Crippen molar-refractivity contribution in [3.63, 3.8) is 0 Å². The van der Waals surface area contributed by atoms with Crippen LogP contribution in [0.25, 0.3) is 0 Å². The lowest BCUT2D eigenvalue weighted by molar-refractivity contribution is -0.139. The van der Waals surface area contributed by atoms with E-state index in [0.29, 0.717) is 0 Å². The molecule has 0 aromatic heterocycles. The Labute approximate surface area is 107 Å². The summed E-state index contributed by atoms with van der Waals surface area (Å²) in [5.74, 6) is -0.935. The summed E-state index contributed by atoms with van der Waals surface area (Å²) in [4.78, 5) is 11.2. The summed E-state index contributed by atoms with van der Waals surface area (Å²) in [5.41, 5.74) is 5.44. The van der Waals surface area contributed by atoms with E-state index in [-0.39, 0.29) is 10.9 Å². The molecule has 8 heteroatoms. The second-order valence-corrected chi connectivity index (χ2v) is 6.46. The minimum absolute atomic E-state index is 0.0423. The third kappa shape index (κ3) is 4.57. The maximum Gasteiger partial charge on any atom is 0.325 e. The quantitative estimate of drug-likeness (QED) is 0.516.